The molecule has 0 amide bonds. The maximum Gasteiger partial charge on any atom is 0.150 e. The Morgan fingerprint density at radius 2 is 2.23 bits per heavy atom. The van der Waals surface area contributed by atoms with E-state index in [0.29, 0.717) is 16.9 Å². The number of aryl methyl sites for hydroxylation is 1. The van der Waals surface area contributed by atoms with Crippen LogP contribution in [0.5, 0.6) is 5.75 Å². The lowest BCUT2D eigenvalue weighted by Gasteiger charge is -2.09. The number of benzene rings is 1. The van der Waals surface area contributed by atoms with E-state index in [1.807, 2.05) is 6.92 Å². The molecule has 0 heterocycles. The van der Waals surface area contributed by atoms with E-state index < -0.39 is 0 Å². The molecule has 0 aliphatic heterocycles. The molecule has 3 nitrogen and oxygen atoms in total. The Balaban J connectivity index is 3.28. The van der Waals surface area contributed by atoms with Gasteiger partial charge in [0.05, 0.1) is 13.7 Å². The van der Waals surface area contributed by atoms with Gasteiger partial charge in [-0.1, -0.05) is 0 Å². The first-order valence-corrected chi connectivity index (χ1v) is 3.96. The smallest absolute Gasteiger partial charge is 0.150 e. The summed E-state index contributed by atoms with van der Waals surface area (Å²) in [5.41, 5.74) is 2.06. The van der Waals surface area contributed by atoms with Crippen LogP contribution in [-0.4, -0.2) is 18.5 Å². The van der Waals surface area contributed by atoms with Gasteiger partial charge in [-0.25, -0.2) is 0 Å². The fourth-order valence-corrected chi connectivity index (χ4v) is 1.35. The summed E-state index contributed by atoms with van der Waals surface area (Å²) in [6.07, 6.45) is 0.756. The van der Waals surface area contributed by atoms with E-state index in [0.717, 1.165) is 11.8 Å². The lowest BCUT2D eigenvalue weighted by molar-refractivity contribution is 0.112. The molecule has 0 bridgehead atoms. The van der Waals surface area contributed by atoms with Gasteiger partial charge in [-0.05, 0) is 24.6 Å². The zero-order valence-electron chi connectivity index (χ0n) is 7.70. The van der Waals surface area contributed by atoms with Crippen molar-refractivity contribution >= 4 is 6.29 Å². The van der Waals surface area contributed by atoms with Crippen LogP contribution in [0.1, 0.15) is 21.5 Å². The molecule has 1 rings (SSSR count). The summed E-state index contributed by atoms with van der Waals surface area (Å²) >= 11 is 0. The maximum atomic E-state index is 10.5. The van der Waals surface area contributed by atoms with E-state index in [2.05, 4.69) is 0 Å². The monoisotopic (exact) mass is 180 g/mol. The summed E-state index contributed by atoms with van der Waals surface area (Å²) in [5, 5.41) is 9.00. The lowest BCUT2D eigenvalue weighted by Crippen LogP contribution is -1.96. The molecule has 1 aromatic rings. The van der Waals surface area contributed by atoms with Crippen molar-refractivity contribution < 1.29 is 14.6 Å². The topological polar surface area (TPSA) is 46.5 Å². The fraction of sp³-hybridized carbons (Fsp3) is 0.300. The van der Waals surface area contributed by atoms with Gasteiger partial charge in [0.25, 0.3) is 0 Å². The normalized spacial score (nSPS) is 9.77. The largest absolute Gasteiger partial charge is 0.496 e. The van der Waals surface area contributed by atoms with Gasteiger partial charge in [-0.2, -0.15) is 0 Å². The summed E-state index contributed by atoms with van der Waals surface area (Å²) in [7, 11) is 1.54. The Morgan fingerprint density at radius 1 is 1.54 bits per heavy atom. The number of ether oxygens (including phenoxy) is 1. The van der Waals surface area contributed by atoms with Crippen LogP contribution < -0.4 is 4.74 Å². The van der Waals surface area contributed by atoms with E-state index in [-0.39, 0.29) is 6.61 Å². The van der Waals surface area contributed by atoms with Gasteiger partial charge in [-0.15, -0.1) is 0 Å². The number of aliphatic hydroxyl groups is 1. The minimum atomic E-state index is -0.119. The van der Waals surface area contributed by atoms with Gasteiger partial charge in [0, 0.05) is 11.1 Å². The van der Waals surface area contributed by atoms with Gasteiger partial charge in [-0.3, -0.25) is 4.79 Å². The zero-order valence-corrected chi connectivity index (χ0v) is 7.70. The molecule has 0 saturated heterocycles. The Hall–Kier alpha value is -1.35. The summed E-state index contributed by atoms with van der Waals surface area (Å²) in [6, 6.07) is 3.35. The number of hydrogen-bond acceptors (Lipinski definition) is 3. The van der Waals surface area contributed by atoms with Crippen LogP contribution >= 0.6 is 0 Å². The number of carbonyl (C=O) groups excluding carboxylic acids is 1. The van der Waals surface area contributed by atoms with Crippen LogP contribution in [0.3, 0.4) is 0 Å². The number of methoxy groups -OCH3 is 1. The number of hydrogen-bond donors (Lipinski definition) is 1. The average Bonchev–Trinajstić information content (AvgIpc) is 2.16. The fourth-order valence-electron chi connectivity index (χ4n) is 1.35. The second-order valence-corrected chi connectivity index (χ2v) is 2.81. The molecule has 0 atom stereocenters. The second kappa shape index (κ2) is 4.05. The zero-order chi connectivity index (χ0) is 9.84. The molecular weight excluding hydrogens is 168 g/mol. The van der Waals surface area contributed by atoms with E-state index >= 15 is 0 Å². The molecular formula is C10H12O3. The van der Waals surface area contributed by atoms with E-state index in [1.54, 1.807) is 19.2 Å². The highest BCUT2D eigenvalue weighted by molar-refractivity contribution is 5.76. The van der Waals surface area contributed by atoms with Crippen molar-refractivity contribution in [1.82, 2.24) is 0 Å². The molecule has 0 aliphatic carbocycles. The van der Waals surface area contributed by atoms with Gasteiger partial charge in [0.15, 0.2) is 0 Å². The standard InChI is InChI=1S/C10H12O3/c1-7-3-8(5-11)4-9(6-12)10(7)13-2/h3-5,12H,6H2,1-2H3. The minimum absolute atomic E-state index is 0.119. The molecule has 70 valence electrons. The second-order valence-electron chi connectivity index (χ2n) is 2.81. The van der Waals surface area contributed by atoms with Crippen molar-refractivity contribution in [2.45, 2.75) is 13.5 Å². The SMILES string of the molecule is COc1c(C)cc(C=O)cc1CO. The molecule has 0 fully saturated rings. The summed E-state index contributed by atoms with van der Waals surface area (Å²) in [4.78, 5) is 10.5. The Kier molecular flexibility index (Phi) is 3.03. The van der Waals surface area contributed by atoms with Crippen molar-refractivity contribution in [3.05, 3.63) is 28.8 Å². The van der Waals surface area contributed by atoms with Gasteiger partial charge < -0.3 is 9.84 Å². The molecule has 13 heavy (non-hydrogen) atoms. The first kappa shape index (κ1) is 9.74. The lowest BCUT2D eigenvalue weighted by atomic mass is 10.1. The minimum Gasteiger partial charge on any atom is -0.496 e. The van der Waals surface area contributed by atoms with Crippen molar-refractivity contribution in [2.24, 2.45) is 0 Å². The van der Waals surface area contributed by atoms with Crippen LogP contribution in [-0.2, 0) is 6.61 Å². The van der Waals surface area contributed by atoms with Crippen molar-refractivity contribution in [3.8, 4) is 5.75 Å². The highest BCUT2D eigenvalue weighted by Gasteiger charge is 2.06. The summed E-state index contributed by atoms with van der Waals surface area (Å²) in [5.74, 6) is 0.646. The van der Waals surface area contributed by atoms with Crippen LogP contribution in [0.2, 0.25) is 0 Å². The van der Waals surface area contributed by atoms with Crippen LogP contribution in [0.25, 0.3) is 0 Å². The Labute approximate surface area is 77.0 Å². The first-order chi connectivity index (χ1) is 6.22. The molecule has 0 saturated carbocycles. The van der Waals surface area contributed by atoms with Gasteiger partial charge in [0.1, 0.15) is 12.0 Å². The van der Waals surface area contributed by atoms with E-state index in [1.165, 1.54) is 0 Å². The molecule has 0 spiro atoms. The third-order valence-electron chi connectivity index (χ3n) is 1.88. The molecule has 0 aromatic heterocycles. The van der Waals surface area contributed by atoms with E-state index in [4.69, 9.17) is 9.84 Å². The van der Waals surface area contributed by atoms with Crippen molar-refractivity contribution in [2.75, 3.05) is 7.11 Å². The number of carbonyl (C=O) groups is 1. The average molecular weight is 180 g/mol. The number of aliphatic hydroxyl groups excluding tert-OH is 1. The predicted molar refractivity (Wildman–Crippen MR) is 49.0 cm³/mol. The number of aldehydes is 1. The van der Waals surface area contributed by atoms with Crippen LogP contribution in [0.4, 0.5) is 0 Å². The maximum absolute atomic E-state index is 10.5. The molecule has 1 aromatic carbocycles. The highest BCUT2D eigenvalue weighted by atomic mass is 16.5. The third kappa shape index (κ3) is 1.87. The molecule has 0 radical (unpaired) electrons. The number of rotatable bonds is 3. The predicted octanol–water partition coefficient (Wildman–Crippen LogP) is 1.31. The third-order valence-corrected chi connectivity index (χ3v) is 1.88. The summed E-state index contributed by atoms with van der Waals surface area (Å²) < 4.78 is 5.09. The van der Waals surface area contributed by atoms with Crippen molar-refractivity contribution in [1.29, 1.82) is 0 Å². The molecule has 0 aliphatic rings. The quantitative estimate of drug-likeness (QED) is 0.713. The Bertz CT molecular complexity index is 318. The van der Waals surface area contributed by atoms with E-state index in [9.17, 15) is 4.79 Å². The molecule has 1 N–H and O–H groups in total. The van der Waals surface area contributed by atoms with Gasteiger partial charge >= 0.3 is 0 Å². The van der Waals surface area contributed by atoms with Crippen molar-refractivity contribution in [3.63, 3.8) is 0 Å². The molecule has 3 heteroatoms. The first-order valence-electron chi connectivity index (χ1n) is 3.96. The Morgan fingerprint density at radius 3 is 2.69 bits per heavy atom. The van der Waals surface area contributed by atoms with Gasteiger partial charge in [0.2, 0.25) is 0 Å². The highest BCUT2D eigenvalue weighted by Crippen LogP contribution is 2.24. The molecule has 0 unspecified atom stereocenters. The van der Waals surface area contributed by atoms with Crippen LogP contribution in [0.15, 0.2) is 12.1 Å². The van der Waals surface area contributed by atoms with Crippen LogP contribution in [0, 0.1) is 6.92 Å². The summed E-state index contributed by atoms with van der Waals surface area (Å²) in [6.45, 7) is 1.72.